The van der Waals surface area contributed by atoms with Crippen molar-refractivity contribution >= 4 is 17.1 Å². The quantitative estimate of drug-likeness (QED) is 0.441. The second-order valence-corrected chi connectivity index (χ2v) is 6.45. The Kier molecular flexibility index (Phi) is 5.74. The number of aryl methyl sites for hydroxylation is 2. The highest BCUT2D eigenvalue weighted by atomic mass is 16.5. The van der Waals surface area contributed by atoms with Crippen molar-refractivity contribution in [3.05, 3.63) is 62.6 Å². The molecule has 2 heterocycles. The first-order chi connectivity index (χ1) is 13.4. The maximum absolute atomic E-state index is 12.6. The standard InChI is InChI=1S/C19H22N4O5/c1-21-12-20-16-15(21)17(24)23(19(26)22(16)2)8-5-9-28-18(25)14-7-4-6-13(10-14)11-27-3/h4,6-7,10,12H,5,8-9,11H2,1-3H3. The molecule has 0 N–H and O–H groups in total. The minimum atomic E-state index is -0.458. The molecular weight excluding hydrogens is 364 g/mol. The third-order valence-electron chi connectivity index (χ3n) is 4.43. The number of methoxy groups -OCH3 is 1. The molecule has 1 aromatic carbocycles. The molecule has 0 saturated carbocycles. The lowest BCUT2D eigenvalue weighted by atomic mass is 10.1. The summed E-state index contributed by atoms with van der Waals surface area (Å²) in [5, 5.41) is 0. The molecular formula is C19H22N4O5. The van der Waals surface area contributed by atoms with E-state index in [4.69, 9.17) is 9.47 Å². The maximum Gasteiger partial charge on any atom is 0.338 e. The molecule has 0 unspecified atom stereocenters. The molecule has 0 saturated heterocycles. The number of rotatable bonds is 7. The zero-order valence-corrected chi connectivity index (χ0v) is 16.0. The molecule has 9 heteroatoms. The van der Waals surface area contributed by atoms with Gasteiger partial charge in [-0.15, -0.1) is 0 Å². The van der Waals surface area contributed by atoms with E-state index in [9.17, 15) is 14.4 Å². The molecule has 28 heavy (non-hydrogen) atoms. The molecule has 2 aromatic heterocycles. The summed E-state index contributed by atoms with van der Waals surface area (Å²) >= 11 is 0. The topological polar surface area (TPSA) is 97.3 Å². The first-order valence-electron chi connectivity index (χ1n) is 8.80. The first kappa shape index (κ1) is 19.6. The van der Waals surface area contributed by atoms with Crippen LogP contribution in [0.5, 0.6) is 0 Å². The predicted octanol–water partition coefficient (Wildman–Crippen LogP) is 0.827. The monoisotopic (exact) mass is 386 g/mol. The van der Waals surface area contributed by atoms with Crippen LogP contribution in [0.25, 0.3) is 11.2 Å². The summed E-state index contributed by atoms with van der Waals surface area (Å²) in [5.74, 6) is -0.458. The van der Waals surface area contributed by atoms with E-state index >= 15 is 0 Å². The lowest BCUT2D eigenvalue weighted by molar-refractivity contribution is 0.0495. The SMILES string of the molecule is COCc1cccc(C(=O)OCCCn2c(=O)c3c(ncn3C)n(C)c2=O)c1. The van der Waals surface area contributed by atoms with Gasteiger partial charge in [0.05, 0.1) is 25.1 Å². The Morgan fingerprint density at radius 2 is 2.00 bits per heavy atom. The summed E-state index contributed by atoms with van der Waals surface area (Å²) in [6.45, 7) is 0.639. The summed E-state index contributed by atoms with van der Waals surface area (Å²) in [4.78, 5) is 41.3. The van der Waals surface area contributed by atoms with Crippen LogP contribution in [-0.2, 0) is 36.7 Å². The smallest absolute Gasteiger partial charge is 0.338 e. The normalized spacial score (nSPS) is 11.1. The van der Waals surface area contributed by atoms with Crippen molar-refractivity contribution in [1.29, 1.82) is 0 Å². The molecule has 0 radical (unpaired) electrons. The van der Waals surface area contributed by atoms with Gasteiger partial charge in [-0.25, -0.2) is 14.6 Å². The highest BCUT2D eigenvalue weighted by Crippen LogP contribution is 2.08. The number of imidazole rings is 1. The van der Waals surface area contributed by atoms with E-state index in [0.29, 0.717) is 29.8 Å². The largest absolute Gasteiger partial charge is 0.462 e. The molecule has 0 aliphatic heterocycles. The van der Waals surface area contributed by atoms with E-state index in [-0.39, 0.29) is 13.2 Å². The zero-order valence-electron chi connectivity index (χ0n) is 16.0. The molecule has 0 aliphatic carbocycles. The Hall–Kier alpha value is -3.20. The van der Waals surface area contributed by atoms with E-state index in [1.165, 1.54) is 10.9 Å². The number of carbonyl (C=O) groups is 1. The number of carbonyl (C=O) groups excluding carboxylic acids is 1. The fourth-order valence-electron chi connectivity index (χ4n) is 3.02. The van der Waals surface area contributed by atoms with Crippen molar-refractivity contribution in [2.24, 2.45) is 14.1 Å². The molecule has 9 nitrogen and oxygen atoms in total. The van der Waals surface area contributed by atoms with Gasteiger partial charge in [0.15, 0.2) is 11.2 Å². The van der Waals surface area contributed by atoms with Gasteiger partial charge in [-0.1, -0.05) is 12.1 Å². The highest BCUT2D eigenvalue weighted by molar-refractivity contribution is 5.89. The summed E-state index contributed by atoms with van der Waals surface area (Å²) < 4.78 is 14.4. The summed E-state index contributed by atoms with van der Waals surface area (Å²) in [7, 11) is 4.85. The Balaban J connectivity index is 1.67. The van der Waals surface area contributed by atoms with Crippen molar-refractivity contribution in [1.82, 2.24) is 18.7 Å². The van der Waals surface area contributed by atoms with Crippen LogP contribution >= 0.6 is 0 Å². The number of hydrogen-bond donors (Lipinski definition) is 0. The number of aromatic nitrogens is 4. The number of benzene rings is 1. The van der Waals surface area contributed by atoms with Crippen LogP contribution in [0, 0.1) is 0 Å². The Bertz CT molecular complexity index is 1130. The van der Waals surface area contributed by atoms with Gasteiger partial charge in [0, 0.05) is 27.7 Å². The van der Waals surface area contributed by atoms with Gasteiger partial charge in [0.2, 0.25) is 0 Å². The van der Waals surface area contributed by atoms with Gasteiger partial charge in [-0.3, -0.25) is 13.9 Å². The van der Waals surface area contributed by atoms with Gasteiger partial charge in [0.25, 0.3) is 5.56 Å². The third kappa shape index (κ3) is 3.74. The fraction of sp³-hybridized carbons (Fsp3) is 0.368. The number of nitrogens with zero attached hydrogens (tertiary/aromatic N) is 4. The predicted molar refractivity (Wildman–Crippen MR) is 102 cm³/mol. The van der Waals surface area contributed by atoms with Crippen molar-refractivity contribution in [3.8, 4) is 0 Å². The molecule has 0 atom stereocenters. The number of esters is 1. The molecule has 148 valence electrons. The van der Waals surface area contributed by atoms with Crippen LogP contribution in [0.4, 0.5) is 0 Å². The second-order valence-electron chi connectivity index (χ2n) is 6.45. The van der Waals surface area contributed by atoms with Crippen LogP contribution < -0.4 is 11.2 Å². The summed E-state index contributed by atoms with van der Waals surface area (Å²) in [5.41, 5.74) is 1.15. The highest BCUT2D eigenvalue weighted by Gasteiger charge is 2.15. The van der Waals surface area contributed by atoms with Crippen molar-refractivity contribution in [3.63, 3.8) is 0 Å². The minimum Gasteiger partial charge on any atom is -0.462 e. The first-order valence-corrected chi connectivity index (χ1v) is 8.80. The van der Waals surface area contributed by atoms with Gasteiger partial charge in [-0.05, 0) is 24.1 Å². The van der Waals surface area contributed by atoms with Crippen LogP contribution in [0.2, 0.25) is 0 Å². The molecule has 0 amide bonds. The Morgan fingerprint density at radius 1 is 1.21 bits per heavy atom. The maximum atomic E-state index is 12.6. The lowest BCUT2D eigenvalue weighted by Crippen LogP contribution is -2.39. The van der Waals surface area contributed by atoms with Crippen molar-refractivity contribution in [2.45, 2.75) is 19.6 Å². The molecule has 0 spiro atoms. The third-order valence-corrected chi connectivity index (χ3v) is 4.43. The van der Waals surface area contributed by atoms with Gasteiger partial charge in [-0.2, -0.15) is 0 Å². The number of ether oxygens (including phenoxy) is 2. The minimum absolute atomic E-state index is 0.0896. The molecule has 0 aliphatic rings. The van der Waals surface area contributed by atoms with Crippen LogP contribution in [0.1, 0.15) is 22.3 Å². The van der Waals surface area contributed by atoms with Crippen molar-refractivity contribution < 1.29 is 14.3 Å². The average Bonchev–Trinajstić information content (AvgIpc) is 3.08. The number of fused-ring (bicyclic) bond motifs is 1. The van der Waals surface area contributed by atoms with Crippen molar-refractivity contribution in [2.75, 3.05) is 13.7 Å². The molecule has 0 fully saturated rings. The summed E-state index contributed by atoms with van der Waals surface area (Å²) in [6, 6.07) is 6.99. The van der Waals surface area contributed by atoms with E-state index in [0.717, 1.165) is 10.1 Å². The zero-order chi connectivity index (χ0) is 20.3. The second kappa shape index (κ2) is 8.22. The molecule has 3 aromatic rings. The van der Waals surface area contributed by atoms with Gasteiger partial charge >= 0.3 is 11.7 Å². The number of hydrogen-bond acceptors (Lipinski definition) is 6. The molecule has 3 rings (SSSR count). The lowest BCUT2D eigenvalue weighted by Gasteiger charge is -2.09. The van der Waals surface area contributed by atoms with E-state index in [1.807, 2.05) is 6.07 Å². The fourth-order valence-corrected chi connectivity index (χ4v) is 3.02. The van der Waals surface area contributed by atoms with E-state index in [2.05, 4.69) is 4.98 Å². The van der Waals surface area contributed by atoms with Crippen LogP contribution in [-0.4, -0.2) is 38.4 Å². The molecule has 0 bridgehead atoms. The van der Waals surface area contributed by atoms with Crippen LogP contribution in [0.3, 0.4) is 0 Å². The van der Waals surface area contributed by atoms with Gasteiger partial charge in [0.1, 0.15) is 0 Å². The Labute approximate surface area is 160 Å². The van der Waals surface area contributed by atoms with E-state index < -0.39 is 17.2 Å². The van der Waals surface area contributed by atoms with E-state index in [1.54, 1.807) is 44.0 Å². The van der Waals surface area contributed by atoms with Crippen LogP contribution in [0.15, 0.2) is 40.2 Å². The summed E-state index contributed by atoms with van der Waals surface area (Å²) in [6.07, 6.45) is 1.83. The average molecular weight is 386 g/mol. The van der Waals surface area contributed by atoms with Gasteiger partial charge < -0.3 is 14.0 Å². The Morgan fingerprint density at radius 3 is 2.75 bits per heavy atom.